The number of hydrogen-bond donors (Lipinski definition) is 2. The Labute approximate surface area is 154 Å². The minimum Gasteiger partial charge on any atom is -0.388 e. The Kier molecular flexibility index (Phi) is 4.87. The lowest BCUT2D eigenvalue weighted by Gasteiger charge is -2.40. The van der Waals surface area contributed by atoms with E-state index in [9.17, 15) is 5.11 Å². The first kappa shape index (κ1) is 17.4. The molecule has 1 fully saturated rings. The molecule has 1 atom stereocenters. The molecule has 2 aromatic heterocycles. The van der Waals surface area contributed by atoms with E-state index in [1.165, 1.54) is 5.56 Å². The molecule has 0 spiro atoms. The molecule has 138 valence electrons. The van der Waals surface area contributed by atoms with Crippen molar-refractivity contribution in [2.75, 3.05) is 31.1 Å². The van der Waals surface area contributed by atoms with Crippen molar-refractivity contribution in [1.29, 1.82) is 0 Å². The molecule has 0 saturated carbocycles. The van der Waals surface area contributed by atoms with Crippen LogP contribution in [-0.4, -0.2) is 51.8 Å². The second kappa shape index (κ2) is 7.29. The maximum absolute atomic E-state index is 10.8. The molecule has 0 bridgehead atoms. The first-order chi connectivity index (χ1) is 12.7. The molecule has 1 saturated heterocycles. The third-order valence-corrected chi connectivity index (χ3v) is 5.57. The Bertz CT molecular complexity index is 766. The van der Waals surface area contributed by atoms with E-state index in [-0.39, 0.29) is 0 Å². The summed E-state index contributed by atoms with van der Waals surface area (Å²) >= 11 is 0. The van der Waals surface area contributed by atoms with Crippen LogP contribution in [0.5, 0.6) is 0 Å². The summed E-state index contributed by atoms with van der Waals surface area (Å²) in [7, 11) is 0. The van der Waals surface area contributed by atoms with Crippen LogP contribution < -0.4 is 10.2 Å². The Hall–Kier alpha value is -2.05. The average molecular weight is 353 g/mol. The number of β-amino-alcohol motifs (C(OH)–C–C–N with tert-alkyl or cyclic N) is 1. The van der Waals surface area contributed by atoms with E-state index in [0.29, 0.717) is 12.4 Å². The number of nitrogens with zero attached hydrogens (tertiary/aromatic N) is 4. The lowest BCUT2D eigenvalue weighted by Crippen LogP contribution is -2.48. The van der Waals surface area contributed by atoms with Gasteiger partial charge in [-0.1, -0.05) is 13.0 Å². The van der Waals surface area contributed by atoms with Gasteiger partial charge in [0.2, 0.25) is 0 Å². The maximum atomic E-state index is 10.8. The number of rotatable bonds is 3. The summed E-state index contributed by atoms with van der Waals surface area (Å²) < 4.78 is 0. The van der Waals surface area contributed by atoms with Gasteiger partial charge in [0.1, 0.15) is 11.5 Å². The van der Waals surface area contributed by atoms with Crippen LogP contribution in [0.1, 0.15) is 37.4 Å². The summed E-state index contributed by atoms with van der Waals surface area (Å²) in [6, 6.07) is 5.83. The average Bonchev–Trinajstić information content (AvgIpc) is 2.93. The van der Waals surface area contributed by atoms with E-state index in [1.807, 2.05) is 18.2 Å². The van der Waals surface area contributed by atoms with Crippen molar-refractivity contribution in [3.05, 3.63) is 35.7 Å². The Morgan fingerprint density at radius 3 is 2.92 bits per heavy atom. The highest BCUT2D eigenvalue weighted by molar-refractivity contribution is 5.58. The van der Waals surface area contributed by atoms with Crippen LogP contribution in [0, 0.1) is 0 Å². The molecule has 2 aromatic rings. The van der Waals surface area contributed by atoms with Crippen molar-refractivity contribution in [1.82, 2.24) is 20.3 Å². The van der Waals surface area contributed by atoms with E-state index in [4.69, 9.17) is 9.97 Å². The number of hydrogen-bond acceptors (Lipinski definition) is 6. The number of aliphatic hydroxyl groups is 1. The van der Waals surface area contributed by atoms with Gasteiger partial charge in [0.15, 0.2) is 5.82 Å². The van der Waals surface area contributed by atoms with Crippen LogP contribution in [0.4, 0.5) is 5.82 Å². The molecule has 2 N–H and O–H groups in total. The van der Waals surface area contributed by atoms with Crippen molar-refractivity contribution in [2.45, 2.75) is 44.6 Å². The molecule has 4 rings (SSSR count). The molecule has 0 aliphatic carbocycles. The summed E-state index contributed by atoms with van der Waals surface area (Å²) in [5, 5.41) is 14.3. The van der Waals surface area contributed by atoms with Gasteiger partial charge in [-0.25, -0.2) is 9.97 Å². The lowest BCUT2D eigenvalue weighted by molar-refractivity contribution is 0.0221. The SMILES string of the molecule is CCC1(O)CCCN(c2nc(-c3ccccn3)nc3c2CCNCC3)C1. The van der Waals surface area contributed by atoms with Crippen LogP contribution in [0.3, 0.4) is 0 Å². The summed E-state index contributed by atoms with van der Waals surface area (Å²) in [5.74, 6) is 1.68. The van der Waals surface area contributed by atoms with Gasteiger partial charge < -0.3 is 15.3 Å². The molecular formula is C20H27N5O. The van der Waals surface area contributed by atoms with Crippen molar-refractivity contribution in [3.8, 4) is 11.5 Å². The van der Waals surface area contributed by atoms with Gasteiger partial charge in [0.05, 0.1) is 11.3 Å². The molecule has 1 unspecified atom stereocenters. The van der Waals surface area contributed by atoms with E-state index in [2.05, 4.69) is 22.1 Å². The summed E-state index contributed by atoms with van der Waals surface area (Å²) in [4.78, 5) is 16.5. The van der Waals surface area contributed by atoms with Gasteiger partial charge in [0, 0.05) is 37.8 Å². The summed E-state index contributed by atoms with van der Waals surface area (Å²) in [5.41, 5.74) is 2.53. The molecule has 2 aliphatic heterocycles. The third kappa shape index (κ3) is 3.44. The van der Waals surface area contributed by atoms with Crippen molar-refractivity contribution >= 4 is 5.82 Å². The zero-order valence-electron chi connectivity index (χ0n) is 15.4. The highest BCUT2D eigenvalue weighted by Crippen LogP contribution is 2.32. The minimum atomic E-state index is -0.621. The van der Waals surface area contributed by atoms with Gasteiger partial charge in [-0.3, -0.25) is 4.98 Å². The molecule has 0 radical (unpaired) electrons. The van der Waals surface area contributed by atoms with E-state index in [0.717, 1.165) is 68.9 Å². The fourth-order valence-corrected chi connectivity index (χ4v) is 3.98. The van der Waals surface area contributed by atoms with Crippen LogP contribution in [0.25, 0.3) is 11.5 Å². The molecular weight excluding hydrogens is 326 g/mol. The quantitative estimate of drug-likeness (QED) is 0.879. The molecule has 6 heteroatoms. The zero-order chi connectivity index (χ0) is 18.0. The molecule has 0 aromatic carbocycles. The normalized spacial score (nSPS) is 23.4. The lowest BCUT2D eigenvalue weighted by atomic mass is 9.90. The first-order valence-electron chi connectivity index (χ1n) is 9.68. The van der Waals surface area contributed by atoms with Gasteiger partial charge in [-0.05, 0) is 44.4 Å². The topological polar surface area (TPSA) is 74.2 Å². The van der Waals surface area contributed by atoms with Crippen molar-refractivity contribution in [3.63, 3.8) is 0 Å². The fraction of sp³-hybridized carbons (Fsp3) is 0.550. The highest BCUT2D eigenvalue weighted by Gasteiger charge is 2.33. The van der Waals surface area contributed by atoms with Crippen LogP contribution in [0.2, 0.25) is 0 Å². The summed E-state index contributed by atoms with van der Waals surface area (Å²) in [6.45, 7) is 5.51. The van der Waals surface area contributed by atoms with Gasteiger partial charge in [0.25, 0.3) is 0 Å². The van der Waals surface area contributed by atoms with Crippen LogP contribution in [0.15, 0.2) is 24.4 Å². The molecule has 26 heavy (non-hydrogen) atoms. The second-order valence-corrected chi connectivity index (χ2v) is 7.36. The molecule has 4 heterocycles. The number of aromatic nitrogens is 3. The summed E-state index contributed by atoms with van der Waals surface area (Å²) in [6.07, 6.45) is 6.22. The van der Waals surface area contributed by atoms with Crippen molar-refractivity contribution in [2.24, 2.45) is 0 Å². The largest absolute Gasteiger partial charge is 0.388 e. The number of piperidine rings is 1. The van der Waals surface area contributed by atoms with Gasteiger partial charge in [-0.2, -0.15) is 0 Å². The Morgan fingerprint density at radius 1 is 1.23 bits per heavy atom. The van der Waals surface area contributed by atoms with Gasteiger partial charge in [-0.15, -0.1) is 0 Å². The molecule has 0 amide bonds. The number of nitrogens with one attached hydrogen (secondary N) is 1. The maximum Gasteiger partial charge on any atom is 0.180 e. The standard InChI is InChI=1S/C20H27N5O/c1-2-20(26)9-5-13-25(14-20)19-15-7-11-21-12-8-16(15)23-18(24-19)17-6-3-4-10-22-17/h3-4,6,10,21,26H,2,5,7-9,11-14H2,1H3. The number of fused-ring (bicyclic) bond motifs is 1. The number of anilines is 1. The Morgan fingerprint density at radius 2 is 2.12 bits per heavy atom. The third-order valence-electron chi connectivity index (χ3n) is 5.57. The first-order valence-corrected chi connectivity index (χ1v) is 9.68. The van der Waals surface area contributed by atoms with E-state index < -0.39 is 5.60 Å². The Balaban J connectivity index is 1.79. The fourth-order valence-electron chi connectivity index (χ4n) is 3.98. The molecule has 6 nitrogen and oxygen atoms in total. The predicted molar refractivity (Wildman–Crippen MR) is 102 cm³/mol. The smallest absolute Gasteiger partial charge is 0.180 e. The predicted octanol–water partition coefficient (Wildman–Crippen LogP) is 1.97. The second-order valence-electron chi connectivity index (χ2n) is 7.36. The molecule has 2 aliphatic rings. The van der Waals surface area contributed by atoms with Crippen LogP contribution >= 0.6 is 0 Å². The van der Waals surface area contributed by atoms with E-state index >= 15 is 0 Å². The monoisotopic (exact) mass is 353 g/mol. The van der Waals surface area contributed by atoms with Crippen molar-refractivity contribution < 1.29 is 5.11 Å². The zero-order valence-corrected chi connectivity index (χ0v) is 15.4. The van der Waals surface area contributed by atoms with Crippen LogP contribution in [-0.2, 0) is 12.8 Å². The van der Waals surface area contributed by atoms with Gasteiger partial charge >= 0.3 is 0 Å². The van der Waals surface area contributed by atoms with E-state index in [1.54, 1.807) is 6.20 Å². The highest BCUT2D eigenvalue weighted by atomic mass is 16.3. The number of pyridine rings is 1. The minimum absolute atomic E-state index is 0.621.